The third-order valence-corrected chi connectivity index (χ3v) is 5.63. The van der Waals surface area contributed by atoms with Gasteiger partial charge in [-0.2, -0.15) is 0 Å². The van der Waals surface area contributed by atoms with Crippen molar-refractivity contribution in [2.45, 2.75) is 57.2 Å². The van der Waals surface area contributed by atoms with Crippen molar-refractivity contribution in [1.82, 2.24) is 4.90 Å². The highest BCUT2D eigenvalue weighted by Gasteiger charge is 2.49. The summed E-state index contributed by atoms with van der Waals surface area (Å²) in [6, 6.07) is 6.28. The molecule has 2 aliphatic rings. The molecule has 1 saturated carbocycles. The number of fused-ring (bicyclic) bond motifs is 1. The van der Waals surface area contributed by atoms with E-state index in [-0.39, 0.29) is 17.9 Å². The lowest BCUT2D eigenvalue weighted by Crippen LogP contribution is -2.48. The van der Waals surface area contributed by atoms with Crippen LogP contribution in [0.2, 0.25) is 0 Å². The number of ether oxygens (including phenoxy) is 2. The summed E-state index contributed by atoms with van der Waals surface area (Å²) in [5, 5.41) is 0. The molecule has 7 nitrogen and oxygen atoms in total. The van der Waals surface area contributed by atoms with E-state index < -0.39 is 24.0 Å². The number of amides is 2. The average Bonchev–Trinajstić information content (AvgIpc) is 3.07. The van der Waals surface area contributed by atoms with Gasteiger partial charge in [-0.15, -0.1) is 0 Å². The van der Waals surface area contributed by atoms with Crippen LogP contribution in [0.1, 0.15) is 49.4 Å². The number of nitrogens with two attached hydrogens (primary N) is 1. The maximum absolute atomic E-state index is 13.4. The van der Waals surface area contributed by atoms with Crippen molar-refractivity contribution < 1.29 is 23.9 Å². The summed E-state index contributed by atoms with van der Waals surface area (Å²) in [6.45, 7) is 1.44. The summed E-state index contributed by atoms with van der Waals surface area (Å²) in [5.74, 6) is -0.783. The Hall–Kier alpha value is -2.57. The smallest absolute Gasteiger partial charge is 0.329 e. The van der Waals surface area contributed by atoms with Crippen LogP contribution in [-0.2, 0) is 14.3 Å². The Morgan fingerprint density at radius 1 is 1.19 bits per heavy atom. The fraction of sp³-hybridized carbons (Fsp3) is 0.550. The van der Waals surface area contributed by atoms with Gasteiger partial charge in [0.25, 0.3) is 11.8 Å². The van der Waals surface area contributed by atoms with Crippen molar-refractivity contribution in [3.63, 3.8) is 0 Å². The minimum atomic E-state index is -1.02. The van der Waals surface area contributed by atoms with Crippen LogP contribution >= 0.6 is 0 Å². The van der Waals surface area contributed by atoms with Crippen LogP contribution in [0.25, 0.3) is 0 Å². The zero-order valence-corrected chi connectivity index (χ0v) is 15.7. The minimum absolute atomic E-state index is 0.00223. The largest absolute Gasteiger partial charge is 0.496 e. The van der Waals surface area contributed by atoms with Gasteiger partial charge in [-0.1, -0.05) is 25.0 Å². The van der Waals surface area contributed by atoms with Crippen molar-refractivity contribution in [2.24, 2.45) is 11.7 Å². The number of benzene rings is 1. The highest BCUT2D eigenvalue weighted by atomic mass is 16.5. The number of carbonyl (C=O) groups is 3. The molecule has 1 aromatic carbocycles. The normalized spacial score (nSPS) is 25.4. The molecule has 3 rings (SSSR count). The van der Waals surface area contributed by atoms with Crippen LogP contribution in [0.15, 0.2) is 24.3 Å². The van der Waals surface area contributed by atoms with E-state index in [4.69, 9.17) is 15.2 Å². The van der Waals surface area contributed by atoms with E-state index >= 15 is 0 Å². The maximum Gasteiger partial charge on any atom is 0.329 e. The van der Waals surface area contributed by atoms with Gasteiger partial charge in [0.2, 0.25) is 0 Å². The number of methoxy groups -OCH3 is 1. The summed E-state index contributed by atoms with van der Waals surface area (Å²) in [7, 11) is 1.51. The molecule has 1 aliphatic heterocycles. The molecule has 146 valence electrons. The molecule has 0 aromatic heterocycles. The van der Waals surface area contributed by atoms with Crippen molar-refractivity contribution in [3.05, 3.63) is 29.8 Å². The SMILES string of the molecule is COc1ccccc1C(=O)N1[C@H](C(=O)O[C@H](C)C(N)=O)C[C@@H]2CCCC[C@@H]21. The Labute approximate surface area is 158 Å². The molecule has 2 amide bonds. The van der Waals surface area contributed by atoms with Crippen LogP contribution < -0.4 is 10.5 Å². The lowest BCUT2D eigenvalue weighted by molar-refractivity contribution is -0.157. The Balaban J connectivity index is 1.90. The number of primary amides is 1. The number of para-hydroxylation sites is 1. The standard InChI is InChI=1S/C20H26N2O5/c1-12(18(21)23)27-20(25)16-11-13-7-3-5-9-15(13)22(16)19(24)14-8-4-6-10-17(14)26-2/h4,6,8,10,12-13,15-16H,3,5,7,9,11H2,1-2H3,(H2,21,23)/t12-,13+,15+,16+/m1/s1. The maximum atomic E-state index is 13.4. The molecule has 0 bridgehead atoms. The first kappa shape index (κ1) is 19.2. The third kappa shape index (κ3) is 3.77. The van der Waals surface area contributed by atoms with Crippen LogP contribution in [0.5, 0.6) is 5.75 Å². The molecule has 4 atom stereocenters. The number of esters is 1. The van der Waals surface area contributed by atoms with Crippen LogP contribution in [-0.4, -0.2) is 48.0 Å². The van der Waals surface area contributed by atoms with Gasteiger partial charge >= 0.3 is 5.97 Å². The Kier molecular flexibility index (Phi) is 5.68. The number of likely N-dealkylation sites (tertiary alicyclic amines) is 1. The van der Waals surface area contributed by atoms with E-state index in [0.717, 1.165) is 25.7 Å². The van der Waals surface area contributed by atoms with E-state index in [9.17, 15) is 14.4 Å². The van der Waals surface area contributed by atoms with Crippen LogP contribution in [0, 0.1) is 5.92 Å². The average molecular weight is 374 g/mol. The molecule has 2 fully saturated rings. The molecule has 2 N–H and O–H groups in total. The predicted molar refractivity (Wildman–Crippen MR) is 98.1 cm³/mol. The molecule has 0 unspecified atom stereocenters. The second kappa shape index (κ2) is 7.98. The first-order chi connectivity index (χ1) is 12.9. The van der Waals surface area contributed by atoms with Crippen molar-refractivity contribution >= 4 is 17.8 Å². The first-order valence-electron chi connectivity index (χ1n) is 9.39. The summed E-state index contributed by atoms with van der Waals surface area (Å²) in [6.07, 6.45) is 3.49. The second-order valence-corrected chi connectivity index (χ2v) is 7.26. The lowest BCUT2D eigenvalue weighted by atomic mass is 9.84. The number of rotatable bonds is 5. The summed E-state index contributed by atoms with van der Waals surface area (Å²) < 4.78 is 10.6. The number of hydrogen-bond acceptors (Lipinski definition) is 5. The summed E-state index contributed by atoms with van der Waals surface area (Å²) >= 11 is 0. The highest BCUT2D eigenvalue weighted by molar-refractivity contribution is 6.00. The van der Waals surface area contributed by atoms with E-state index in [2.05, 4.69) is 0 Å². The van der Waals surface area contributed by atoms with Gasteiger partial charge < -0.3 is 20.1 Å². The second-order valence-electron chi connectivity index (χ2n) is 7.26. The van der Waals surface area contributed by atoms with E-state index in [0.29, 0.717) is 17.7 Å². The third-order valence-electron chi connectivity index (χ3n) is 5.63. The van der Waals surface area contributed by atoms with E-state index in [1.165, 1.54) is 14.0 Å². The predicted octanol–water partition coefficient (Wildman–Crippen LogP) is 1.89. The Morgan fingerprint density at radius 3 is 2.59 bits per heavy atom. The fourth-order valence-corrected chi connectivity index (χ4v) is 4.23. The Morgan fingerprint density at radius 2 is 1.89 bits per heavy atom. The van der Waals surface area contributed by atoms with E-state index in [1.54, 1.807) is 29.2 Å². The van der Waals surface area contributed by atoms with Gasteiger partial charge in [0, 0.05) is 6.04 Å². The number of carbonyl (C=O) groups excluding carboxylic acids is 3. The molecule has 1 heterocycles. The van der Waals surface area contributed by atoms with Crippen molar-refractivity contribution in [2.75, 3.05) is 7.11 Å². The molecule has 0 spiro atoms. The highest BCUT2D eigenvalue weighted by Crippen LogP contribution is 2.41. The summed E-state index contributed by atoms with van der Waals surface area (Å²) in [4.78, 5) is 39.0. The quantitative estimate of drug-likeness (QED) is 0.794. The van der Waals surface area contributed by atoms with Gasteiger partial charge in [-0.05, 0) is 44.2 Å². The lowest BCUT2D eigenvalue weighted by Gasteiger charge is -2.33. The molecular formula is C20H26N2O5. The van der Waals surface area contributed by atoms with E-state index in [1.807, 2.05) is 0 Å². The summed E-state index contributed by atoms with van der Waals surface area (Å²) in [5.41, 5.74) is 5.63. The monoisotopic (exact) mass is 374 g/mol. The zero-order chi connectivity index (χ0) is 19.6. The number of nitrogens with zero attached hydrogens (tertiary/aromatic N) is 1. The van der Waals surface area contributed by atoms with Crippen molar-refractivity contribution in [1.29, 1.82) is 0 Å². The molecular weight excluding hydrogens is 348 g/mol. The molecule has 1 aromatic rings. The zero-order valence-electron chi connectivity index (χ0n) is 15.7. The molecule has 0 radical (unpaired) electrons. The molecule has 1 aliphatic carbocycles. The number of hydrogen-bond donors (Lipinski definition) is 1. The first-order valence-corrected chi connectivity index (χ1v) is 9.39. The molecule has 27 heavy (non-hydrogen) atoms. The van der Waals surface area contributed by atoms with Gasteiger partial charge in [-0.3, -0.25) is 9.59 Å². The van der Waals surface area contributed by atoms with Crippen molar-refractivity contribution in [3.8, 4) is 5.75 Å². The van der Waals surface area contributed by atoms with Gasteiger partial charge in [0.15, 0.2) is 6.10 Å². The topological polar surface area (TPSA) is 98.9 Å². The van der Waals surface area contributed by atoms with Gasteiger partial charge in [-0.25, -0.2) is 4.79 Å². The van der Waals surface area contributed by atoms with Crippen LogP contribution in [0.3, 0.4) is 0 Å². The van der Waals surface area contributed by atoms with Crippen LogP contribution in [0.4, 0.5) is 0 Å². The van der Waals surface area contributed by atoms with Gasteiger partial charge in [0.1, 0.15) is 11.8 Å². The van der Waals surface area contributed by atoms with Gasteiger partial charge in [0.05, 0.1) is 12.7 Å². The molecule has 7 heteroatoms. The Bertz CT molecular complexity index is 735. The molecule has 1 saturated heterocycles. The fourth-order valence-electron chi connectivity index (χ4n) is 4.23. The minimum Gasteiger partial charge on any atom is -0.496 e.